The third-order valence-electron chi connectivity index (χ3n) is 2.92. The molecule has 0 saturated heterocycles. The number of carbonyl (C=O) groups excluding carboxylic acids is 1. The van der Waals surface area contributed by atoms with Gasteiger partial charge in [0, 0.05) is 12.1 Å². The molecule has 1 heterocycles. The molecule has 1 aromatic carbocycles. The number of halogens is 2. The minimum absolute atomic E-state index is 0.125. The van der Waals surface area contributed by atoms with Gasteiger partial charge >= 0.3 is 5.97 Å². The number of aliphatic hydroxyl groups is 1. The first kappa shape index (κ1) is 14.9. The number of esters is 1. The molecule has 0 atom stereocenters. The van der Waals surface area contributed by atoms with Gasteiger partial charge in [0.2, 0.25) is 5.82 Å². The van der Waals surface area contributed by atoms with E-state index >= 15 is 0 Å². The molecule has 0 unspecified atom stereocenters. The van der Waals surface area contributed by atoms with Crippen molar-refractivity contribution in [2.24, 2.45) is 0 Å². The van der Waals surface area contributed by atoms with Gasteiger partial charge in [-0.15, -0.1) is 0 Å². The molecule has 2 rings (SSSR count). The number of rotatable bonds is 4. The van der Waals surface area contributed by atoms with Crippen LogP contribution in [-0.4, -0.2) is 39.5 Å². The zero-order chi connectivity index (χ0) is 15.6. The van der Waals surface area contributed by atoms with Gasteiger partial charge < -0.3 is 19.5 Å². The number of aromatic nitrogens is 2. The van der Waals surface area contributed by atoms with Crippen LogP contribution in [-0.2, 0) is 11.3 Å². The Hall–Kier alpha value is -2.48. The molecule has 0 fully saturated rings. The van der Waals surface area contributed by atoms with E-state index < -0.39 is 28.9 Å². The fraction of sp³-hybridized carbons (Fsp3) is 0.231. The van der Waals surface area contributed by atoms with Crippen LogP contribution in [0.4, 0.5) is 8.78 Å². The summed E-state index contributed by atoms with van der Waals surface area (Å²) in [5, 5.41) is 18.7. The van der Waals surface area contributed by atoms with Gasteiger partial charge in [-0.25, -0.2) is 14.2 Å². The number of aromatic hydroxyl groups is 1. The summed E-state index contributed by atoms with van der Waals surface area (Å²) in [6.07, 6.45) is 2.65. The fourth-order valence-corrected chi connectivity index (χ4v) is 1.90. The van der Waals surface area contributed by atoms with Crippen LogP contribution in [0.25, 0.3) is 11.3 Å². The van der Waals surface area contributed by atoms with Gasteiger partial charge in [0.25, 0.3) is 0 Å². The van der Waals surface area contributed by atoms with E-state index in [1.54, 1.807) is 0 Å². The van der Waals surface area contributed by atoms with Crippen molar-refractivity contribution in [3.8, 4) is 17.0 Å². The van der Waals surface area contributed by atoms with Gasteiger partial charge in [-0.3, -0.25) is 0 Å². The van der Waals surface area contributed by atoms with Crippen LogP contribution >= 0.6 is 0 Å². The van der Waals surface area contributed by atoms with Gasteiger partial charge in [0.05, 0.1) is 37.5 Å². The Bertz CT molecular complexity index is 685. The van der Waals surface area contributed by atoms with Crippen molar-refractivity contribution in [3.63, 3.8) is 0 Å². The van der Waals surface area contributed by atoms with Crippen molar-refractivity contribution < 1.29 is 28.5 Å². The molecular weight excluding hydrogens is 286 g/mol. The minimum Gasteiger partial charge on any atom is -0.504 e. The van der Waals surface area contributed by atoms with Crippen molar-refractivity contribution in [1.82, 2.24) is 9.55 Å². The summed E-state index contributed by atoms with van der Waals surface area (Å²) >= 11 is 0. The summed E-state index contributed by atoms with van der Waals surface area (Å²) in [5.41, 5.74) is -0.537. The Labute approximate surface area is 118 Å². The van der Waals surface area contributed by atoms with Crippen LogP contribution in [0, 0.1) is 11.6 Å². The van der Waals surface area contributed by atoms with E-state index in [1.807, 2.05) is 0 Å². The van der Waals surface area contributed by atoms with Crippen LogP contribution in [0.5, 0.6) is 5.75 Å². The van der Waals surface area contributed by atoms with Gasteiger partial charge in [-0.2, -0.15) is 4.39 Å². The van der Waals surface area contributed by atoms with Crippen LogP contribution < -0.4 is 0 Å². The Morgan fingerprint density at radius 2 is 2.14 bits per heavy atom. The highest BCUT2D eigenvalue weighted by Crippen LogP contribution is 2.34. The van der Waals surface area contributed by atoms with E-state index in [1.165, 1.54) is 17.1 Å². The van der Waals surface area contributed by atoms with Crippen molar-refractivity contribution in [1.29, 1.82) is 0 Å². The molecule has 0 aliphatic rings. The average Bonchev–Trinajstić information content (AvgIpc) is 2.93. The highest BCUT2D eigenvalue weighted by molar-refractivity contribution is 5.92. The van der Waals surface area contributed by atoms with E-state index in [0.29, 0.717) is 0 Å². The first-order chi connectivity index (χ1) is 10.0. The number of hydrogen-bond acceptors (Lipinski definition) is 5. The zero-order valence-corrected chi connectivity index (χ0v) is 11.0. The monoisotopic (exact) mass is 298 g/mol. The van der Waals surface area contributed by atoms with Crippen LogP contribution in [0.3, 0.4) is 0 Å². The van der Waals surface area contributed by atoms with Crippen molar-refractivity contribution in [2.75, 3.05) is 13.7 Å². The van der Waals surface area contributed by atoms with E-state index in [-0.39, 0.29) is 24.4 Å². The summed E-state index contributed by atoms with van der Waals surface area (Å²) < 4.78 is 33.2. The first-order valence-electron chi connectivity index (χ1n) is 5.91. The third kappa shape index (κ3) is 2.57. The number of aliphatic hydroxyl groups excluding tert-OH is 1. The maximum atomic E-state index is 13.7. The lowest BCUT2D eigenvalue weighted by atomic mass is 10.1. The van der Waals surface area contributed by atoms with Gasteiger partial charge in [-0.05, 0) is 6.07 Å². The number of nitrogens with zero attached hydrogens (tertiary/aromatic N) is 2. The predicted molar refractivity (Wildman–Crippen MR) is 67.7 cm³/mol. The van der Waals surface area contributed by atoms with Crippen molar-refractivity contribution in [3.05, 3.63) is 35.8 Å². The van der Waals surface area contributed by atoms with E-state index in [9.17, 15) is 18.7 Å². The Morgan fingerprint density at radius 1 is 1.43 bits per heavy atom. The molecule has 112 valence electrons. The number of benzene rings is 1. The van der Waals surface area contributed by atoms with Gasteiger partial charge in [0.1, 0.15) is 0 Å². The molecule has 2 N–H and O–H groups in total. The molecule has 6 nitrogen and oxygen atoms in total. The highest BCUT2D eigenvalue weighted by Gasteiger charge is 2.24. The van der Waals surface area contributed by atoms with Crippen molar-refractivity contribution >= 4 is 5.97 Å². The van der Waals surface area contributed by atoms with Crippen LogP contribution in [0.1, 0.15) is 10.4 Å². The largest absolute Gasteiger partial charge is 0.504 e. The van der Waals surface area contributed by atoms with Gasteiger partial charge in [-0.1, -0.05) is 0 Å². The summed E-state index contributed by atoms with van der Waals surface area (Å²) in [6, 6.07) is 0.977. The van der Waals surface area contributed by atoms with Crippen LogP contribution in [0.15, 0.2) is 18.6 Å². The molecule has 0 radical (unpaired) electrons. The number of hydrogen-bond donors (Lipinski definition) is 2. The normalized spacial score (nSPS) is 10.7. The summed E-state index contributed by atoms with van der Waals surface area (Å²) in [4.78, 5) is 15.3. The van der Waals surface area contributed by atoms with E-state index in [2.05, 4.69) is 9.72 Å². The van der Waals surface area contributed by atoms with E-state index in [4.69, 9.17) is 5.11 Å². The summed E-state index contributed by atoms with van der Waals surface area (Å²) in [5.74, 6) is -5.05. The lowest BCUT2D eigenvalue weighted by Crippen LogP contribution is -2.08. The number of ether oxygens (including phenoxy) is 1. The van der Waals surface area contributed by atoms with Crippen LogP contribution in [0.2, 0.25) is 0 Å². The molecule has 1 aromatic heterocycles. The zero-order valence-electron chi connectivity index (χ0n) is 11.0. The molecule has 8 heteroatoms. The lowest BCUT2D eigenvalue weighted by Gasteiger charge is -2.11. The summed E-state index contributed by atoms with van der Waals surface area (Å²) in [7, 11) is 1.03. The highest BCUT2D eigenvalue weighted by atomic mass is 19.2. The molecule has 0 amide bonds. The second-order valence-corrected chi connectivity index (χ2v) is 4.14. The molecule has 0 saturated carbocycles. The SMILES string of the molecule is COC(=O)c1cc(-c2cncn2CCO)c(O)c(F)c1F. The predicted octanol–water partition coefficient (Wildman–Crippen LogP) is 1.31. The number of phenols is 1. The fourth-order valence-electron chi connectivity index (χ4n) is 1.90. The lowest BCUT2D eigenvalue weighted by molar-refractivity contribution is 0.0594. The maximum Gasteiger partial charge on any atom is 0.340 e. The molecule has 0 aliphatic heterocycles. The quantitative estimate of drug-likeness (QED) is 0.831. The second kappa shape index (κ2) is 5.88. The molecule has 0 aliphatic carbocycles. The number of imidazole rings is 1. The molecule has 2 aromatic rings. The molecule has 0 bridgehead atoms. The Balaban J connectivity index is 2.66. The first-order valence-corrected chi connectivity index (χ1v) is 5.91. The summed E-state index contributed by atoms with van der Waals surface area (Å²) in [6.45, 7) is -0.0705. The minimum atomic E-state index is -1.55. The molecular formula is C13H12F2N2O4. The molecule has 21 heavy (non-hydrogen) atoms. The smallest absolute Gasteiger partial charge is 0.340 e. The third-order valence-corrected chi connectivity index (χ3v) is 2.92. The van der Waals surface area contributed by atoms with Gasteiger partial charge in [0.15, 0.2) is 11.6 Å². The standard InChI is InChI=1S/C13H12F2N2O4/c1-21-13(20)8-4-7(12(19)11(15)10(8)14)9-5-16-6-17(9)2-3-18/h4-6,18-19H,2-3H2,1H3. The van der Waals surface area contributed by atoms with E-state index in [0.717, 1.165) is 13.2 Å². The second-order valence-electron chi connectivity index (χ2n) is 4.14. The molecule has 0 spiro atoms. The number of methoxy groups -OCH3 is 1. The van der Waals surface area contributed by atoms with Crippen molar-refractivity contribution in [2.45, 2.75) is 6.54 Å². The Morgan fingerprint density at radius 3 is 2.76 bits per heavy atom. The number of carbonyl (C=O) groups is 1. The Kier molecular flexibility index (Phi) is 4.18. The average molecular weight is 298 g/mol. The topological polar surface area (TPSA) is 84.6 Å². The maximum absolute atomic E-state index is 13.7. The number of phenolic OH excluding ortho intramolecular Hbond substituents is 1.